The molecule has 104 valence electrons. The monoisotopic (exact) mass is 264 g/mol. The molecule has 0 saturated carbocycles. The summed E-state index contributed by atoms with van der Waals surface area (Å²) in [6.45, 7) is 2.28. The molecule has 2 N–H and O–H groups in total. The SMILES string of the molecule is CC(=O)c1ccc(C(=O)N2CCCCC2CCO)[nH]1. The number of piperidine rings is 1. The van der Waals surface area contributed by atoms with E-state index in [2.05, 4.69) is 4.98 Å². The molecular formula is C14H20N2O3. The quantitative estimate of drug-likeness (QED) is 0.811. The summed E-state index contributed by atoms with van der Waals surface area (Å²) in [5.41, 5.74) is 0.911. The Balaban J connectivity index is 2.13. The van der Waals surface area contributed by atoms with Gasteiger partial charge in [-0.15, -0.1) is 0 Å². The van der Waals surface area contributed by atoms with Crippen LogP contribution in [0.1, 0.15) is 53.6 Å². The second kappa shape index (κ2) is 6.02. The number of rotatable bonds is 4. The van der Waals surface area contributed by atoms with Gasteiger partial charge in [0.2, 0.25) is 0 Å². The molecule has 0 spiro atoms. The number of likely N-dealkylation sites (tertiary alicyclic amines) is 1. The van der Waals surface area contributed by atoms with Crippen molar-refractivity contribution in [3.63, 3.8) is 0 Å². The van der Waals surface area contributed by atoms with Crippen LogP contribution < -0.4 is 0 Å². The average Bonchev–Trinajstić information content (AvgIpc) is 2.89. The van der Waals surface area contributed by atoms with Crippen molar-refractivity contribution in [2.24, 2.45) is 0 Å². The summed E-state index contributed by atoms with van der Waals surface area (Å²) >= 11 is 0. The van der Waals surface area contributed by atoms with Gasteiger partial charge in [0.05, 0.1) is 5.69 Å². The first-order chi connectivity index (χ1) is 9.13. The number of aromatic nitrogens is 1. The van der Waals surface area contributed by atoms with Gasteiger partial charge in [-0.2, -0.15) is 0 Å². The maximum Gasteiger partial charge on any atom is 0.270 e. The lowest BCUT2D eigenvalue weighted by Gasteiger charge is -2.35. The van der Waals surface area contributed by atoms with Gasteiger partial charge >= 0.3 is 0 Å². The number of Topliss-reactive ketones (excluding diaryl/α,β-unsaturated/α-hetero) is 1. The highest BCUT2D eigenvalue weighted by Crippen LogP contribution is 2.21. The minimum atomic E-state index is -0.0791. The van der Waals surface area contributed by atoms with E-state index in [9.17, 15) is 9.59 Å². The van der Waals surface area contributed by atoms with Gasteiger partial charge in [-0.05, 0) is 37.8 Å². The smallest absolute Gasteiger partial charge is 0.270 e. The summed E-state index contributed by atoms with van der Waals surface area (Å²) in [6.07, 6.45) is 3.64. The number of aliphatic hydroxyl groups excluding tert-OH is 1. The number of aliphatic hydroxyl groups is 1. The number of ketones is 1. The maximum atomic E-state index is 12.4. The Hall–Kier alpha value is -1.62. The van der Waals surface area contributed by atoms with Crippen LogP contribution in [0.3, 0.4) is 0 Å². The number of hydrogen-bond donors (Lipinski definition) is 2. The zero-order chi connectivity index (χ0) is 13.8. The Kier molecular flexibility index (Phi) is 4.37. The summed E-state index contributed by atoms with van der Waals surface area (Å²) in [4.78, 5) is 28.3. The van der Waals surface area contributed by atoms with E-state index in [1.54, 1.807) is 12.1 Å². The fraction of sp³-hybridized carbons (Fsp3) is 0.571. The number of nitrogens with zero attached hydrogens (tertiary/aromatic N) is 1. The van der Waals surface area contributed by atoms with Crippen LogP contribution >= 0.6 is 0 Å². The normalized spacial score (nSPS) is 19.5. The molecule has 1 aliphatic heterocycles. The van der Waals surface area contributed by atoms with Gasteiger partial charge < -0.3 is 15.0 Å². The molecule has 0 aromatic carbocycles. The minimum absolute atomic E-state index is 0.0781. The molecule has 2 rings (SSSR count). The Morgan fingerprint density at radius 2 is 2.11 bits per heavy atom. The highest BCUT2D eigenvalue weighted by Gasteiger charge is 2.27. The van der Waals surface area contributed by atoms with Crippen LogP contribution in [-0.2, 0) is 0 Å². The van der Waals surface area contributed by atoms with Crippen LogP contribution in [-0.4, -0.2) is 45.9 Å². The molecule has 0 bridgehead atoms. The molecular weight excluding hydrogens is 244 g/mol. The molecule has 2 heterocycles. The van der Waals surface area contributed by atoms with Crippen LogP contribution in [0.2, 0.25) is 0 Å². The van der Waals surface area contributed by atoms with Gasteiger partial charge in [0.15, 0.2) is 5.78 Å². The fourth-order valence-electron chi connectivity index (χ4n) is 2.60. The largest absolute Gasteiger partial charge is 0.396 e. The molecule has 0 radical (unpaired) electrons. The second-order valence-corrected chi connectivity index (χ2v) is 5.00. The van der Waals surface area contributed by atoms with Crippen molar-refractivity contribution in [3.8, 4) is 0 Å². The van der Waals surface area contributed by atoms with E-state index in [-0.39, 0.29) is 24.3 Å². The van der Waals surface area contributed by atoms with Crippen molar-refractivity contribution in [2.75, 3.05) is 13.2 Å². The predicted molar refractivity (Wildman–Crippen MR) is 71.2 cm³/mol. The van der Waals surface area contributed by atoms with Crippen LogP contribution in [0.5, 0.6) is 0 Å². The predicted octanol–water partition coefficient (Wildman–Crippen LogP) is 1.59. The van der Waals surface area contributed by atoms with Crippen LogP contribution in [0, 0.1) is 0 Å². The lowest BCUT2D eigenvalue weighted by molar-refractivity contribution is 0.0569. The molecule has 5 nitrogen and oxygen atoms in total. The number of hydrogen-bond acceptors (Lipinski definition) is 3. The third kappa shape index (κ3) is 3.04. The molecule has 1 unspecified atom stereocenters. The Morgan fingerprint density at radius 1 is 1.37 bits per heavy atom. The molecule has 0 aliphatic carbocycles. The molecule has 19 heavy (non-hydrogen) atoms. The molecule has 1 aromatic rings. The van der Waals surface area contributed by atoms with E-state index in [0.717, 1.165) is 25.8 Å². The van der Waals surface area contributed by atoms with Gasteiger partial charge in [-0.1, -0.05) is 0 Å². The molecule has 1 fully saturated rings. The zero-order valence-corrected chi connectivity index (χ0v) is 11.2. The van der Waals surface area contributed by atoms with Crippen molar-refractivity contribution in [1.29, 1.82) is 0 Å². The molecule has 1 atom stereocenters. The molecule has 1 aliphatic rings. The van der Waals surface area contributed by atoms with E-state index in [1.165, 1.54) is 6.92 Å². The van der Waals surface area contributed by atoms with Crippen LogP contribution in [0.15, 0.2) is 12.1 Å². The number of carbonyl (C=O) groups is 2. The highest BCUT2D eigenvalue weighted by atomic mass is 16.3. The third-order valence-electron chi connectivity index (χ3n) is 3.65. The van der Waals surface area contributed by atoms with Gasteiger partial charge in [-0.25, -0.2) is 0 Å². The average molecular weight is 264 g/mol. The van der Waals surface area contributed by atoms with Crippen LogP contribution in [0.4, 0.5) is 0 Å². The van der Waals surface area contributed by atoms with E-state index in [0.29, 0.717) is 17.8 Å². The third-order valence-corrected chi connectivity index (χ3v) is 3.65. The first-order valence-electron chi connectivity index (χ1n) is 6.75. The second-order valence-electron chi connectivity index (χ2n) is 5.00. The van der Waals surface area contributed by atoms with E-state index >= 15 is 0 Å². The molecule has 1 aromatic heterocycles. The van der Waals surface area contributed by atoms with Crippen molar-refractivity contribution in [1.82, 2.24) is 9.88 Å². The Bertz CT molecular complexity index is 465. The number of carbonyl (C=O) groups excluding carboxylic acids is 2. The first-order valence-corrected chi connectivity index (χ1v) is 6.75. The summed E-state index contributed by atoms with van der Waals surface area (Å²) in [6, 6.07) is 3.40. The van der Waals surface area contributed by atoms with E-state index < -0.39 is 0 Å². The lowest BCUT2D eigenvalue weighted by Crippen LogP contribution is -2.44. The fourth-order valence-corrected chi connectivity index (χ4v) is 2.60. The summed E-state index contributed by atoms with van der Waals surface area (Å²) < 4.78 is 0. The number of H-pyrrole nitrogens is 1. The molecule has 1 amide bonds. The summed E-state index contributed by atoms with van der Waals surface area (Å²) in [5.74, 6) is -0.157. The maximum absolute atomic E-state index is 12.4. The standard InChI is InChI=1S/C14H20N2O3/c1-10(18)12-5-6-13(15-12)14(19)16-8-3-2-4-11(16)7-9-17/h5-6,11,15,17H,2-4,7-9H2,1H3. The van der Waals surface area contributed by atoms with Gasteiger partial charge in [0.25, 0.3) is 5.91 Å². The Labute approximate surface area is 112 Å². The number of aromatic amines is 1. The van der Waals surface area contributed by atoms with Gasteiger partial charge in [0, 0.05) is 26.1 Å². The molecule has 5 heteroatoms. The van der Waals surface area contributed by atoms with Crippen molar-refractivity contribution in [2.45, 2.75) is 38.6 Å². The minimum Gasteiger partial charge on any atom is -0.396 e. The van der Waals surface area contributed by atoms with Crippen LogP contribution in [0.25, 0.3) is 0 Å². The number of nitrogens with one attached hydrogen (secondary N) is 1. The van der Waals surface area contributed by atoms with E-state index in [4.69, 9.17) is 5.11 Å². The zero-order valence-electron chi connectivity index (χ0n) is 11.2. The summed E-state index contributed by atoms with van der Waals surface area (Å²) in [5, 5.41) is 9.08. The lowest BCUT2D eigenvalue weighted by atomic mass is 9.99. The number of amides is 1. The highest BCUT2D eigenvalue weighted by molar-refractivity contribution is 5.97. The van der Waals surface area contributed by atoms with Gasteiger partial charge in [0.1, 0.15) is 5.69 Å². The topological polar surface area (TPSA) is 73.4 Å². The molecule has 1 saturated heterocycles. The summed E-state index contributed by atoms with van der Waals surface area (Å²) in [7, 11) is 0. The van der Waals surface area contributed by atoms with Crippen molar-refractivity contribution < 1.29 is 14.7 Å². The van der Waals surface area contributed by atoms with Crippen molar-refractivity contribution in [3.05, 3.63) is 23.5 Å². The van der Waals surface area contributed by atoms with Gasteiger partial charge in [-0.3, -0.25) is 9.59 Å². The Morgan fingerprint density at radius 3 is 2.74 bits per heavy atom. The van der Waals surface area contributed by atoms with E-state index in [1.807, 2.05) is 4.90 Å². The van der Waals surface area contributed by atoms with Crippen molar-refractivity contribution >= 4 is 11.7 Å². The first kappa shape index (κ1) is 13.8.